The fraction of sp³-hybridized carbons (Fsp3) is 0.667. The van der Waals surface area contributed by atoms with Gasteiger partial charge >= 0.3 is 0 Å². The molecule has 2 rings (SSSR count). The number of aromatic nitrogens is 1. The molecule has 1 saturated carbocycles. The van der Waals surface area contributed by atoms with Gasteiger partial charge in [-0.05, 0) is 37.3 Å². The van der Waals surface area contributed by atoms with Crippen LogP contribution in [0, 0.1) is 11.8 Å². The summed E-state index contributed by atoms with van der Waals surface area (Å²) in [5.41, 5.74) is 0.924. The Bertz CT molecular complexity index is 467. The Hall–Kier alpha value is -1.46. The zero-order valence-corrected chi connectivity index (χ0v) is 13.9. The van der Waals surface area contributed by atoms with Crippen LogP contribution in [-0.4, -0.2) is 41.9 Å². The van der Waals surface area contributed by atoms with Gasteiger partial charge in [0, 0.05) is 31.0 Å². The lowest BCUT2D eigenvalue weighted by Gasteiger charge is -2.28. The molecule has 128 valence electrons. The second kappa shape index (κ2) is 9.63. The molecule has 0 spiro atoms. The van der Waals surface area contributed by atoms with Gasteiger partial charge in [0.05, 0.1) is 6.10 Å². The molecule has 0 saturated heterocycles. The average molecular weight is 320 g/mol. The van der Waals surface area contributed by atoms with Crippen molar-refractivity contribution in [2.45, 2.75) is 45.1 Å². The fourth-order valence-corrected chi connectivity index (χ4v) is 3.04. The van der Waals surface area contributed by atoms with Gasteiger partial charge < -0.3 is 15.2 Å². The van der Waals surface area contributed by atoms with Gasteiger partial charge in [-0.3, -0.25) is 9.78 Å². The van der Waals surface area contributed by atoms with E-state index in [2.05, 4.69) is 17.2 Å². The summed E-state index contributed by atoms with van der Waals surface area (Å²) in [6.45, 7) is 2.76. The lowest BCUT2D eigenvalue weighted by molar-refractivity contribution is -0.129. The lowest BCUT2D eigenvalue weighted by Crippen LogP contribution is -2.36. The minimum Gasteiger partial charge on any atom is -0.396 e. The van der Waals surface area contributed by atoms with Crippen LogP contribution in [0.3, 0.4) is 0 Å². The molecule has 1 heterocycles. The van der Waals surface area contributed by atoms with E-state index in [0.29, 0.717) is 18.9 Å². The van der Waals surface area contributed by atoms with Crippen LogP contribution in [-0.2, 0) is 16.0 Å². The molecule has 3 unspecified atom stereocenters. The van der Waals surface area contributed by atoms with E-state index in [4.69, 9.17) is 4.74 Å². The number of hydrogen-bond acceptors (Lipinski definition) is 4. The molecule has 1 aromatic rings. The Morgan fingerprint density at radius 2 is 2.26 bits per heavy atom. The molecule has 1 fully saturated rings. The molecule has 0 aromatic carbocycles. The van der Waals surface area contributed by atoms with Crippen LogP contribution in [0.25, 0.3) is 0 Å². The average Bonchev–Trinajstić information content (AvgIpc) is 2.58. The number of carbonyl (C=O) groups excluding carboxylic acids is 1. The summed E-state index contributed by atoms with van der Waals surface area (Å²) in [7, 11) is 0. The monoisotopic (exact) mass is 320 g/mol. The van der Waals surface area contributed by atoms with Crippen molar-refractivity contribution in [3.8, 4) is 0 Å². The molecule has 1 aliphatic rings. The van der Waals surface area contributed by atoms with Gasteiger partial charge in [-0.25, -0.2) is 0 Å². The van der Waals surface area contributed by atoms with E-state index in [-0.39, 0.29) is 31.1 Å². The van der Waals surface area contributed by atoms with Gasteiger partial charge in [-0.15, -0.1) is 0 Å². The van der Waals surface area contributed by atoms with E-state index >= 15 is 0 Å². The molecule has 5 heteroatoms. The quantitative estimate of drug-likeness (QED) is 0.768. The topological polar surface area (TPSA) is 71.5 Å². The van der Waals surface area contributed by atoms with E-state index < -0.39 is 0 Å². The van der Waals surface area contributed by atoms with Crippen LogP contribution in [0.2, 0.25) is 0 Å². The smallest absolute Gasteiger partial charge is 0.246 e. The minimum absolute atomic E-state index is 0.0252. The summed E-state index contributed by atoms with van der Waals surface area (Å²) in [5.74, 6) is 0.399. The molecule has 1 aromatic heterocycles. The summed E-state index contributed by atoms with van der Waals surface area (Å²) < 4.78 is 5.75. The third-order valence-electron chi connectivity index (χ3n) is 4.53. The highest BCUT2D eigenvalue weighted by molar-refractivity contribution is 5.77. The van der Waals surface area contributed by atoms with Crippen LogP contribution in [0.1, 0.15) is 38.3 Å². The molecule has 3 atom stereocenters. The molecule has 23 heavy (non-hydrogen) atoms. The number of aliphatic hydroxyl groups is 1. The number of hydrogen-bond donors (Lipinski definition) is 2. The Morgan fingerprint density at radius 1 is 1.43 bits per heavy atom. The van der Waals surface area contributed by atoms with Crippen molar-refractivity contribution in [2.75, 3.05) is 19.8 Å². The van der Waals surface area contributed by atoms with E-state index in [9.17, 15) is 9.90 Å². The van der Waals surface area contributed by atoms with Crippen LogP contribution >= 0.6 is 0 Å². The predicted molar refractivity (Wildman–Crippen MR) is 88.9 cm³/mol. The van der Waals surface area contributed by atoms with Crippen molar-refractivity contribution in [3.05, 3.63) is 30.1 Å². The van der Waals surface area contributed by atoms with Gasteiger partial charge in [0.25, 0.3) is 0 Å². The zero-order chi connectivity index (χ0) is 16.5. The van der Waals surface area contributed by atoms with Crippen molar-refractivity contribution < 1.29 is 14.6 Å². The van der Waals surface area contributed by atoms with Gasteiger partial charge in [-0.2, -0.15) is 0 Å². The molecule has 5 nitrogen and oxygen atoms in total. The molecule has 0 radical (unpaired) electrons. The summed E-state index contributed by atoms with van der Waals surface area (Å²) in [5, 5.41) is 12.3. The van der Waals surface area contributed by atoms with Crippen LogP contribution in [0.15, 0.2) is 24.4 Å². The second-order valence-corrected chi connectivity index (χ2v) is 6.49. The normalized spacial score (nSPS) is 22.5. The van der Waals surface area contributed by atoms with Gasteiger partial charge in [0.1, 0.15) is 6.61 Å². The van der Waals surface area contributed by atoms with Crippen LogP contribution < -0.4 is 5.32 Å². The first-order valence-electron chi connectivity index (χ1n) is 8.58. The molecular weight excluding hydrogens is 292 g/mol. The fourth-order valence-electron chi connectivity index (χ4n) is 3.04. The maximum absolute atomic E-state index is 11.9. The standard InChI is InChI=1S/C18H28N2O3/c1-14-6-2-3-8-17(14)23-13-18(22)20-11-15(12-21)10-16-7-4-5-9-19-16/h4-5,7,9,14-15,17,21H,2-3,6,8,10-13H2,1H3,(H,20,22). The maximum Gasteiger partial charge on any atom is 0.246 e. The predicted octanol–water partition coefficient (Wildman–Crippen LogP) is 1.94. The van der Waals surface area contributed by atoms with Crippen molar-refractivity contribution in [3.63, 3.8) is 0 Å². The number of nitrogens with zero attached hydrogens (tertiary/aromatic N) is 1. The molecule has 1 amide bonds. The first kappa shape index (κ1) is 17.9. The minimum atomic E-state index is -0.109. The van der Waals surface area contributed by atoms with E-state index in [1.165, 1.54) is 19.3 Å². The summed E-state index contributed by atoms with van der Waals surface area (Å²) in [6.07, 6.45) is 7.28. The van der Waals surface area contributed by atoms with Crippen LogP contribution in [0.4, 0.5) is 0 Å². The number of amides is 1. The molecule has 1 aliphatic carbocycles. The number of carbonyl (C=O) groups is 1. The van der Waals surface area contributed by atoms with E-state index in [1.807, 2.05) is 18.2 Å². The summed E-state index contributed by atoms with van der Waals surface area (Å²) in [4.78, 5) is 16.2. The van der Waals surface area contributed by atoms with E-state index in [1.54, 1.807) is 6.20 Å². The highest BCUT2D eigenvalue weighted by atomic mass is 16.5. The second-order valence-electron chi connectivity index (χ2n) is 6.49. The molecule has 2 N–H and O–H groups in total. The first-order chi connectivity index (χ1) is 11.2. The largest absolute Gasteiger partial charge is 0.396 e. The lowest BCUT2D eigenvalue weighted by atomic mass is 9.88. The zero-order valence-electron chi connectivity index (χ0n) is 13.9. The van der Waals surface area contributed by atoms with Gasteiger partial charge in [0.15, 0.2) is 0 Å². The third kappa shape index (κ3) is 6.28. The Balaban J connectivity index is 1.68. The van der Waals surface area contributed by atoms with Gasteiger partial charge in [0.2, 0.25) is 5.91 Å². The highest BCUT2D eigenvalue weighted by Crippen LogP contribution is 2.26. The molecule has 0 aliphatic heterocycles. The van der Waals surface area contributed by atoms with Crippen molar-refractivity contribution in [1.29, 1.82) is 0 Å². The molecule has 0 bridgehead atoms. The first-order valence-corrected chi connectivity index (χ1v) is 8.58. The number of nitrogens with one attached hydrogen (secondary N) is 1. The van der Waals surface area contributed by atoms with Gasteiger partial charge in [-0.1, -0.05) is 25.8 Å². The maximum atomic E-state index is 11.9. The van der Waals surface area contributed by atoms with Crippen molar-refractivity contribution in [1.82, 2.24) is 10.3 Å². The number of aliphatic hydroxyl groups excluding tert-OH is 1. The van der Waals surface area contributed by atoms with Crippen molar-refractivity contribution in [2.24, 2.45) is 11.8 Å². The Kier molecular flexibility index (Phi) is 7.49. The summed E-state index contributed by atoms with van der Waals surface area (Å²) in [6, 6.07) is 5.72. The number of rotatable bonds is 8. The SMILES string of the molecule is CC1CCCCC1OCC(=O)NCC(CO)Cc1ccccn1. The number of pyridine rings is 1. The Labute approximate surface area is 138 Å². The Morgan fingerprint density at radius 3 is 2.96 bits per heavy atom. The highest BCUT2D eigenvalue weighted by Gasteiger charge is 2.22. The third-order valence-corrected chi connectivity index (χ3v) is 4.53. The molecular formula is C18H28N2O3. The van der Waals surface area contributed by atoms with Crippen LogP contribution in [0.5, 0.6) is 0 Å². The van der Waals surface area contributed by atoms with E-state index in [0.717, 1.165) is 12.1 Å². The summed E-state index contributed by atoms with van der Waals surface area (Å²) >= 11 is 0. The van der Waals surface area contributed by atoms with Crippen molar-refractivity contribution >= 4 is 5.91 Å². The number of ether oxygens (including phenoxy) is 1.